The maximum atomic E-state index is 12.3. The van der Waals surface area contributed by atoms with E-state index in [1.54, 1.807) is 31.6 Å². The largest absolute Gasteiger partial charge is 0.481 e. The highest BCUT2D eigenvalue weighted by Crippen LogP contribution is 2.37. The van der Waals surface area contributed by atoms with Gasteiger partial charge in [0.25, 0.3) is 5.56 Å². The number of fused-ring (bicyclic) bond motifs is 3. The lowest BCUT2D eigenvalue weighted by Crippen LogP contribution is -2.18. The molecule has 1 aliphatic heterocycles. The molecule has 140 valence electrons. The first-order valence-electron chi connectivity index (χ1n) is 8.66. The Balaban J connectivity index is 2.04. The number of carboxylic acid groups (broad SMARTS) is 1. The highest BCUT2D eigenvalue weighted by atomic mass is 35.5. The molecular formula is C21H16ClN3O3. The number of benzene rings is 1. The highest BCUT2D eigenvalue weighted by molar-refractivity contribution is 6.30. The first-order valence-corrected chi connectivity index (χ1v) is 9.03. The van der Waals surface area contributed by atoms with Gasteiger partial charge in [-0.25, -0.2) is 0 Å². The van der Waals surface area contributed by atoms with E-state index < -0.39 is 12.0 Å². The van der Waals surface area contributed by atoms with Crippen LogP contribution in [0, 0.1) is 0 Å². The van der Waals surface area contributed by atoms with Crippen molar-refractivity contribution in [3.63, 3.8) is 0 Å². The van der Waals surface area contributed by atoms with Crippen LogP contribution in [-0.4, -0.2) is 26.3 Å². The zero-order valence-electron chi connectivity index (χ0n) is 15.0. The molecule has 3 aromatic rings. The van der Waals surface area contributed by atoms with Gasteiger partial charge in [-0.1, -0.05) is 23.7 Å². The standard InChI is InChI=1S/C21H16ClN3O3/c1-25-11-16-15(9-18(25)26)17(10-19(27)28)24-20(12-4-6-13(22)7-5-12)14-3-2-8-23-21(14)16/h2-9,11,17H,10H2,1H3,(H,27,28). The van der Waals surface area contributed by atoms with E-state index in [0.717, 1.165) is 11.1 Å². The van der Waals surface area contributed by atoms with Crippen molar-refractivity contribution in [2.24, 2.45) is 12.0 Å². The maximum absolute atomic E-state index is 12.3. The molecule has 0 aliphatic carbocycles. The second kappa shape index (κ2) is 7.05. The summed E-state index contributed by atoms with van der Waals surface area (Å²) >= 11 is 6.02. The maximum Gasteiger partial charge on any atom is 0.305 e. The number of halogens is 1. The molecule has 4 rings (SSSR count). The van der Waals surface area contributed by atoms with Crippen LogP contribution in [-0.2, 0) is 11.8 Å². The van der Waals surface area contributed by atoms with Crippen molar-refractivity contribution < 1.29 is 9.90 Å². The van der Waals surface area contributed by atoms with Crippen LogP contribution in [0.15, 0.2) is 64.6 Å². The summed E-state index contributed by atoms with van der Waals surface area (Å²) in [5, 5.41) is 10.0. The molecule has 0 radical (unpaired) electrons. The molecule has 0 spiro atoms. The minimum absolute atomic E-state index is 0.225. The molecule has 1 N–H and O–H groups in total. The Labute approximate surface area is 165 Å². The molecule has 6 nitrogen and oxygen atoms in total. The Bertz CT molecular complexity index is 1170. The van der Waals surface area contributed by atoms with E-state index in [2.05, 4.69) is 4.98 Å². The van der Waals surface area contributed by atoms with E-state index in [0.29, 0.717) is 27.6 Å². The molecule has 28 heavy (non-hydrogen) atoms. The minimum atomic E-state index is -0.991. The molecule has 2 aromatic heterocycles. The molecule has 0 saturated heterocycles. The average molecular weight is 394 g/mol. The van der Waals surface area contributed by atoms with Crippen molar-refractivity contribution in [3.05, 3.63) is 86.9 Å². The molecule has 0 fully saturated rings. The number of nitrogens with zero attached hydrogens (tertiary/aromatic N) is 3. The number of hydrogen-bond acceptors (Lipinski definition) is 4. The van der Waals surface area contributed by atoms with E-state index in [-0.39, 0.29) is 12.0 Å². The zero-order valence-corrected chi connectivity index (χ0v) is 15.7. The van der Waals surface area contributed by atoms with Crippen LogP contribution in [0.4, 0.5) is 0 Å². The van der Waals surface area contributed by atoms with Crippen LogP contribution < -0.4 is 5.56 Å². The van der Waals surface area contributed by atoms with Gasteiger partial charge in [-0.05, 0) is 29.8 Å². The molecule has 1 aromatic carbocycles. The number of aliphatic carboxylic acids is 1. The van der Waals surface area contributed by atoms with Crippen molar-refractivity contribution in [1.29, 1.82) is 0 Å². The number of hydrogen-bond donors (Lipinski definition) is 1. The highest BCUT2D eigenvalue weighted by Gasteiger charge is 2.28. The quantitative estimate of drug-likeness (QED) is 0.738. The Hall–Kier alpha value is -3.25. The molecule has 0 bridgehead atoms. The predicted octanol–water partition coefficient (Wildman–Crippen LogP) is 3.47. The first kappa shape index (κ1) is 18.1. The second-order valence-electron chi connectivity index (χ2n) is 6.59. The number of pyridine rings is 2. The van der Waals surface area contributed by atoms with Gasteiger partial charge in [0.1, 0.15) is 0 Å². The molecule has 1 atom stereocenters. The number of aryl methyl sites for hydroxylation is 1. The van der Waals surface area contributed by atoms with Gasteiger partial charge in [-0.15, -0.1) is 0 Å². The summed E-state index contributed by atoms with van der Waals surface area (Å²) in [5.74, 6) is -0.991. The van der Waals surface area contributed by atoms with Crippen LogP contribution in [0.25, 0.3) is 11.3 Å². The van der Waals surface area contributed by atoms with Gasteiger partial charge in [0.15, 0.2) is 0 Å². The first-order chi connectivity index (χ1) is 13.4. The van der Waals surface area contributed by atoms with Crippen LogP contribution in [0.5, 0.6) is 0 Å². The van der Waals surface area contributed by atoms with Gasteiger partial charge >= 0.3 is 5.97 Å². The summed E-state index contributed by atoms with van der Waals surface area (Å²) in [6.07, 6.45) is 3.13. The van der Waals surface area contributed by atoms with Crippen molar-refractivity contribution in [2.45, 2.75) is 12.5 Å². The van der Waals surface area contributed by atoms with Gasteiger partial charge < -0.3 is 9.67 Å². The SMILES string of the molecule is Cn1cc2c(cc1=O)C(CC(=O)O)N=C(c1ccc(Cl)cc1)c1cccnc1-2. The van der Waals surface area contributed by atoms with Crippen LogP contribution in [0.1, 0.15) is 29.2 Å². The van der Waals surface area contributed by atoms with E-state index in [1.807, 2.05) is 24.3 Å². The fourth-order valence-electron chi connectivity index (χ4n) is 3.38. The summed E-state index contributed by atoms with van der Waals surface area (Å²) < 4.78 is 1.46. The lowest BCUT2D eigenvalue weighted by Gasteiger charge is -2.14. The smallest absolute Gasteiger partial charge is 0.305 e. The molecule has 1 aliphatic rings. The summed E-state index contributed by atoms with van der Waals surface area (Å²) in [4.78, 5) is 33.1. The van der Waals surface area contributed by atoms with E-state index >= 15 is 0 Å². The number of carboxylic acids is 1. The van der Waals surface area contributed by atoms with Crippen molar-refractivity contribution in [3.8, 4) is 11.3 Å². The summed E-state index contributed by atoms with van der Waals surface area (Å²) in [6, 6.07) is 11.6. The average Bonchev–Trinajstić information content (AvgIpc) is 2.79. The lowest BCUT2D eigenvalue weighted by molar-refractivity contribution is -0.137. The van der Waals surface area contributed by atoms with E-state index in [9.17, 15) is 14.7 Å². The molecular weight excluding hydrogens is 378 g/mol. The van der Waals surface area contributed by atoms with Crippen molar-refractivity contribution in [1.82, 2.24) is 9.55 Å². The molecule has 3 heterocycles. The fraction of sp³-hybridized carbons (Fsp3) is 0.143. The fourth-order valence-corrected chi connectivity index (χ4v) is 3.51. The zero-order chi connectivity index (χ0) is 19.8. The van der Waals surface area contributed by atoms with Crippen LogP contribution >= 0.6 is 11.6 Å². The van der Waals surface area contributed by atoms with E-state index in [1.165, 1.54) is 10.6 Å². The predicted molar refractivity (Wildman–Crippen MR) is 107 cm³/mol. The van der Waals surface area contributed by atoms with Gasteiger partial charge in [0.05, 0.1) is 23.9 Å². The van der Waals surface area contributed by atoms with Crippen molar-refractivity contribution >= 4 is 23.3 Å². The van der Waals surface area contributed by atoms with Crippen LogP contribution in [0.2, 0.25) is 5.02 Å². The number of rotatable bonds is 3. The Morgan fingerprint density at radius 3 is 2.68 bits per heavy atom. The lowest BCUT2D eigenvalue weighted by atomic mass is 9.96. The van der Waals surface area contributed by atoms with Crippen LogP contribution in [0.3, 0.4) is 0 Å². The van der Waals surface area contributed by atoms with Crippen molar-refractivity contribution in [2.75, 3.05) is 0 Å². The Kier molecular flexibility index (Phi) is 4.57. The number of carbonyl (C=O) groups is 1. The monoisotopic (exact) mass is 393 g/mol. The molecule has 0 saturated carbocycles. The van der Waals surface area contributed by atoms with Gasteiger partial charge in [0.2, 0.25) is 0 Å². The summed E-state index contributed by atoms with van der Waals surface area (Å²) in [7, 11) is 1.66. The summed E-state index contributed by atoms with van der Waals surface area (Å²) in [5.41, 5.74) is 3.90. The summed E-state index contributed by atoms with van der Waals surface area (Å²) in [6.45, 7) is 0. The Morgan fingerprint density at radius 1 is 1.21 bits per heavy atom. The third-order valence-electron chi connectivity index (χ3n) is 4.71. The topological polar surface area (TPSA) is 84.5 Å². The normalized spacial score (nSPS) is 15.2. The van der Waals surface area contributed by atoms with Gasteiger partial charge in [-0.2, -0.15) is 0 Å². The van der Waals surface area contributed by atoms with Gasteiger partial charge in [-0.3, -0.25) is 19.6 Å². The second-order valence-corrected chi connectivity index (χ2v) is 7.03. The number of aliphatic imine (C=N–C) groups is 1. The Morgan fingerprint density at radius 2 is 1.96 bits per heavy atom. The molecule has 0 amide bonds. The minimum Gasteiger partial charge on any atom is -0.481 e. The van der Waals surface area contributed by atoms with E-state index in [4.69, 9.17) is 16.6 Å². The van der Waals surface area contributed by atoms with Gasteiger partial charge in [0, 0.05) is 47.2 Å². The molecule has 1 unspecified atom stereocenters. The number of aromatic nitrogens is 2. The third kappa shape index (κ3) is 3.23. The third-order valence-corrected chi connectivity index (χ3v) is 4.96. The molecule has 7 heteroatoms.